The van der Waals surface area contributed by atoms with Crippen molar-refractivity contribution in [2.45, 2.75) is 31.2 Å². The van der Waals surface area contributed by atoms with Gasteiger partial charge in [-0.2, -0.15) is 26.3 Å². The first-order valence-corrected chi connectivity index (χ1v) is 6.06. The summed E-state index contributed by atoms with van der Waals surface area (Å²) in [6.45, 7) is 0. The van der Waals surface area contributed by atoms with Gasteiger partial charge < -0.3 is 24.8 Å². The smallest absolute Gasteiger partial charge is 0.430 e. The number of alkyl halides is 6. The van der Waals surface area contributed by atoms with Crippen molar-refractivity contribution in [3.05, 3.63) is 28.3 Å². The molecule has 6 nitrogen and oxygen atoms in total. The average Bonchev–Trinajstić information content (AvgIpc) is 2.42. The number of carboxylic acid groups (broad SMARTS) is 1. The third-order valence-corrected chi connectivity index (χ3v) is 2.33. The molecule has 138 valence electrons. The average molecular weight is 364 g/mol. The second-order valence-electron chi connectivity index (χ2n) is 4.26. The minimum atomic E-state index is -5.19. The van der Waals surface area contributed by atoms with Crippen molar-refractivity contribution in [2.24, 2.45) is 5.73 Å². The van der Waals surface area contributed by atoms with E-state index in [4.69, 9.17) is 24.8 Å². The molecule has 0 saturated heterocycles. The summed E-state index contributed by atoms with van der Waals surface area (Å²) in [5.74, 6) is -2.81. The molecule has 0 bridgehead atoms. The Morgan fingerprint density at radius 3 is 2.17 bits per heavy atom. The second kappa shape index (κ2) is 8.57. The quantitative estimate of drug-likeness (QED) is 0.807. The number of hydrogen-bond donors (Lipinski definition) is 1. The first-order valence-electron chi connectivity index (χ1n) is 6.06. The summed E-state index contributed by atoms with van der Waals surface area (Å²) in [6.07, 6.45) is -10.9. The summed E-state index contributed by atoms with van der Waals surface area (Å²) in [4.78, 5) is 19.8. The molecule has 0 aliphatic carbocycles. The van der Waals surface area contributed by atoms with Crippen molar-refractivity contribution in [1.82, 2.24) is 0 Å². The Balaban J connectivity index is 0.000000640. The molecule has 2 N–H and O–H groups in total. The maximum absolute atomic E-state index is 12.0. The first-order chi connectivity index (χ1) is 10.8. The van der Waals surface area contributed by atoms with E-state index < -0.39 is 36.4 Å². The van der Waals surface area contributed by atoms with Gasteiger partial charge in [0.25, 0.3) is 0 Å². The predicted molar refractivity (Wildman–Crippen MR) is 64.8 cm³/mol. The number of rotatable bonds is 4. The van der Waals surface area contributed by atoms with Gasteiger partial charge in [0.05, 0.1) is 19.2 Å². The van der Waals surface area contributed by atoms with E-state index in [1.807, 2.05) is 0 Å². The first kappa shape index (κ1) is 21.8. The van der Waals surface area contributed by atoms with Crippen molar-refractivity contribution in [3.63, 3.8) is 0 Å². The summed E-state index contributed by atoms with van der Waals surface area (Å²) < 4.78 is 77.0. The van der Waals surface area contributed by atoms with Crippen LogP contribution < -0.4 is 21.2 Å². The highest BCUT2D eigenvalue weighted by atomic mass is 19.4. The van der Waals surface area contributed by atoms with Gasteiger partial charge in [0.1, 0.15) is 17.5 Å². The van der Waals surface area contributed by atoms with Gasteiger partial charge in [-0.1, -0.05) is 0 Å². The normalized spacial score (nSPS) is 12.8. The molecule has 1 heterocycles. The summed E-state index contributed by atoms with van der Waals surface area (Å²) in [5, 5.41) is 8.78. The fraction of sp³-hybridized carbons (Fsp3) is 0.500. The molecule has 0 aliphatic rings. The fourth-order valence-electron chi connectivity index (χ4n) is 1.24. The standard InChI is InChI=1S/C10H12F3NO3.C2HF3O2/c1-16-6-4-8(17-9(15)5-6)7(14)2-3-10(11,12)13;3-2(4,5)1(6)7/h4-5,7H,2-3,14H2,1H3;(H,6,7)/p-1. The van der Waals surface area contributed by atoms with Gasteiger partial charge in [0.15, 0.2) is 0 Å². The molecule has 1 atom stereocenters. The minimum absolute atomic E-state index is 0.0152. The van der Waals surface area contributed by atoms with E-state index in [1.165, 1.54) is 13.2 Å². The van der Waals surface area contributed by atoms with Crippen molar-refractivity contribution < 1.29 is 45.4 Å². The largest absolute Gasteiger partial charge is 0.542 e. The molecule has 1 aromatic heterocycles. The van der Waals surface area contributed by atoms with Gasteiger partial charge in [-0.25, -0.2) is 4.79 Å². The lowest BCUT2D eigenvalue weighted by Crippen LogP contribution is -2.37. The Morgan fingerprint density at radius 2 is 1.79 bits per heavy atom. The van der Waals surface area contributed by atoms with Crippen LogP contribution in [0.3, 0.4) is 0 Å². The highest BCUT2D eigenvalue weighted by Crippen LogP contribution is 2.26. The molecule has 1 aromatic rings. The number of nitrogens with two attached hydrogens (primary N) is 1. The van der Waals surface area contributed by atoms with Crippen LogP contribution in [0.4, 0.5) is 26.3 Å². The van der Waals surface area contributed by atoms with E-state index in [-0.39, 0.29) is 17.9 Å². The topological polar surface area (TPSA) is 106 Å². The van der Waals surface area contributed by atoms with Crippen LogP contribution in [0.25, 0.3) is 0 Å². The Bertz CT molecular complexity index is 595. The van der Waals surface area contributed by atoms with Gasteiger partial charge in [-0.3, -0.25) is 0 Å². The van der Waals surface area contributed by atoms with Crippen LogP contribution in [-0.4, -0.2) is 25.4 Å². The third kappa shape index (κ3) is 9.02. The number of carboxylic acids is 1. The molecule has 0 fully saturated rings. The summed E-state index contributed by atoms with van der Waals surface area (Å²) in [5.41, 5.74) is 4.80. The highest BCUT2D eigenvalue weighted by Gasteiger charge is 2.29. The van der Waals surface area contributed by atoms with Crippen LogP contribution >= 0.6 is 0 Å². The molecule has 1 rings (SSSR count). The number of carbonyl (C=O) groups is 1. The maximum atomic E-state index is 12.0. The van der Waals surface area contributed by atoms with Crippen LogP contribution in [-0.2, 0) is 4.79 Å². The van der Waals surface area contributed by atoms with Gasteiger partial charge in [0.2, 0.25) is 0 Å². The maximum Gasteiger partial charge on any atom is 0.430 e. The lowest BCUT2D eigenvalue weighted by Gasteiger charge is -2.12. The zero-order chi connectivity index (χ0) is 19.1. The summed E-state index contributed by atoms with van der Waals surface area (Å²) in [6, 6.07) is 1.40. The Kier molecular flexibility index (Phi) is 7.77. The van der Waals surface area contributed by atoms with E-state index in [0.29, 0.717) is 0 Å². The molecule has 0 aliphatic heterocycles. The molecule has 24 heavy (non-hydrogen) atoms. The second-order valence-corrected chi connectivity index (χ2v) is 4.26. The number of aliphatic carboxylic acids is 1. The van der Waals surface area contributed by atoms with Crippen LogP contribution in [0.15, 0.2) is 21.3 Å². The Hall–Kier alpha value is -2.24. The van der Waals surface area contributed by atoms with E-state index in [2.05, 4.69) is 0 Å². The van der Waals surface area contributed by atoms with E-state index in [1.54, 1.807) is 0 Å². The lowest BCUT2D eigenvalue weighted by atomic mass is 10.1. The predicted octanol–water partition coefficient (Wildman–Crippen LogP) is 1.29. The summed E-state index contributed by atoms with van der Waals surface area (Å²) >= 11 is 0. The zero-order valence-corrected chi connectivity index (χ0v) is 12.0. The van der Waals surface area contributed by atoms with Crippen LogP contribution in [0, 0.1) is 0 Å². The SMILES string of the molecule is COc1cc(C(N)CCC(F)(F)F)oc(=O)c1.O=C([O-])C(F)(F)F. The van der Waals surface area contributed by atoms with Crippen LogP contribution in [0.2, 0.25) is 0 Å². The monoisotopic (exact) mass is 364 g/mol. The lowest BCUT2D eigenvalue weighted by molar-refractivity contribution is -0.344. The van der Waals surface area contributed by atoms with Crippen molar-refractivity contribution in [2.75, 3.05) is 7.11 Å². The Morgan fingerprint density at radius 1 is 1.29 bits per heavy atom. The number of methoxy groups -OCH3 is 1. The number of hydrogen-bond acceptors (Lipinski definition) is 6. The zero-order valence-electron chi connectivity index (χ0n) is 12.0. The molecule has 0 spiro atoms. The molecule has 0 radical (unpaired) electrons. The van der Waals surface area contributed by atoms with Gasteiger partial charge in [-0.05, 0) is 6.42 Å². The van der Waals surface area contributed by atoms with Crippen LogP contribution in [0.1, 0.15) is 24.6 Å². The molecule has 0 aromatic carbocycles. The molecular formula is C12H12F6NO5-. The minimum Gasteiger partial charge on any atom is -0.542 e. The van der Waals surface area contributed by atoms with Crippen LogP contribution in [0.5, 0.6) is 5.75 Å². The number of halogens is 6. The van der Waals surface area contributed by atoms with Crippen molar-refractivity contribution in [3.8, 4) is 5.75 Å². The molecular weight excluding hydrogens is 352 g/mol. The molecule has 12 heteroatoms. The van der Waals surface area contributed by atoms with E-state index in [0.717, 1.165) is 6.07 Å². The molecule has 0 amide bonds. The van der Waals surface area contributed by atoms with E-state index >= 15 is 0 Å². The number of carbonyl (C=O) groups excluding carboxylic acids is 1. The van der Waals surface area contributed by atoms with Crippen molar-refractivity contribution in [1.29, 1.82) is 0 Å². The molecule has 0 saturated carbocycles. The van der Waals surface area contributed by atoms with Gasteiger partial charge in [0, 0.05) is 12.5 Å². The van der Waals surface area contributed by atoms with Gasteiger partial charge >= 0.3 is 18.0 Å². The third-order valence-electron chi connectivity index (χ3n) is 2.33. The fourth-order valence-corrected chi connectivity index (χ4v) is 1.24. The van der Waals surface area contributed by atoms with Gasteiger partial charge in [-0.15, -0.1) is 0 Å². The highest BCUT2D eigenvalue weighted by molar-refractivity contribution is 5.70. The molecule has 1 unspecified atom stereocenters. The van der Waals surface area contributed by atoms with Crippen molar-refractivity contribution >= 4 is 5.97 Å². The number of ether oxygens (including phenoxy) is 1. The Labute approximate surface area is 130 Å². The van der Waals surface area contributed by atoms with E-state index in [9.17, 15) is 31.1 Å². The summed E-state index contributed by atoms with van der Waals surface area (Å²) in [7, 11) is 1.33.